The van der Waals surface area contributed by atoms with Gasteiger partial charge in [-0.3, -0.25) is 14.9 Å². The van der Waals surface area contributed by atoms with E-state index in [1.54, 1.807) is 25.1 Å². The number of anilines is 1. The molecule has 0 saturated heterocycles. The van der Waals surface area contributed by atoms with Gasteiger partial charge in [-0.25, -0.2) is 4.79 Å². The zero-order valence-electron chi connectivity index (χ0n) is 14.9. The number of likely N-dealkylation sites (N-methyl/N-ethyl adjacent to an activating group) is 1. The van der Waals surface area contributed by atoms with Gasteiger partial charge in [0.15, 0.2) is 24.6 Å². The highest BCUT2D eigenvalue weighted by Gasteiger charge is 2.19. The van der Waals surface area contributed by atoms with Crippen molar-refractivity contribution in [2.24, 2.45) is 0 Å². The summed E-state index contributed by atoms with van der Waals surface area (Å²) in [5.74, 6) is 0.489. The van der Waals surface area contributed by atoms with E-state index < -0.39 is 12.0 Å². The summed E-state index contributed by atoms with van der Waals surface area (Å²) < 4.78 is 15.6. The zero-order valence-corrected chi connectivity index (χ0v) is 14.9. The number of ether oxygens (including phenoxy) is 3. The van der Waals surface area contributed by atoms with Crippen molar-refractivity contribution in [3.05, 3.63) is 18.2 Å². The van der Waals surface area contributed by atoms with Gasteiger partial charge in [-0.15, -0.1) is 0 Å². The fourth-order valence-electron chi connectivity index (χ4n) is 2.42. The van der Waals surface area contributed by atoms with Crippen LogP contribution in [0.4, 0.5) is 10.5 Å². The molecule has 0 bridgehead atoms. The molecule has 1 aliphatic rings. The topological polar surface area (TPSA) is 107 Å². The van der Waals surface area contributed by atoms with E-state index in [0.717, 1.165) is 0 Å². The Labute approximate surface area is 151 Å². The number of nitrogens with one attached hydrogen (secondary N) is 3. The molecule has 1 aromatic carbocycles. The Hall–Kier alpha value is -2.81. The first-order valence-electron chi connectivity index (χ1n) is 8.51. The number of hydrogen-bond acceptors (Lipinski definition) is 6. The number of alkyl carbamates (subject to hydrolysis) is 1. The van der Waals surface area contributed by atoms with Gasteiger partial charge in [-0.05, 0) is 26.0 Å². The third-order valence-electron chi connectivity index (χ3n) is 3.66. The van der Waals surface area contributed by atoms with Crippen molar-refractivity contribution in [1.82, 2.24) is 5.32 Å². The van der Waals surface area contributed by atoms with E-state index in [2.05, 4.69) is 15.4 Å². The van der Waals surface area contributed by atoms with E-state index >= 15 is 0 Å². The number of amides is 3. The van der Waals surface area contributed by atoms with Crippen molar-refractivity contribution in [1.29, 1.82) is 0 Å². The molecule has 0 aliphatic carbocycles. The van der Waals surface area contributed by atoms with Gasteiger partial charge in [0.25, 0.3) is 11.8 Å². The largest absolute Gasteiger partial charge is 0.486 e. The lowest BCUT2D eigenvalue weighted by molar-refractivity contribution is -0.881. The number of carbonyl (C=O) groups is 3. The number of carbonyl (C=O) groups excluding carboxylic acids is 3. The first-order chi connectivity index (χ1) is 12.5. The van der Waals surface area contributed by atoms with Crippen LogP contribution in [0.3, 0.4) is 0 Å². The van der Waals surface area contributed by atoms with Crippen LogP contribution in [0, 0.1) is 0 Å². The predicted octanol–water partition coefficient (Wildman–Crippen LogP) is -0.426. The molecule has 9 nitrogen and oxygen atoms in total. The average molecular weight is 366 g/mol. The summed E-state index contributed by atoms with van der Waals surface area (Å²) >= 11 is 0. The monoisotopic (exact) mass is 366 g/mol. The van der Waals surface area contributed by atoms with Crippen molar-refractivity contribution in [3.8, 4) is 11.5 Å². The molecule has 9 heteroatoms. The van der Waals surface area contributed by atoms with Crippen LogP contribution in [0.2, 0.25) is 0 Å². The Balaban J connectivity index is 1.84. The van der Waals surface area contributed by atoms with Crippen molar-refractivity contribution >= 4 is 23.6 Å². The molecular weight excluding hydrogens is 342 g/mol. The molecule has 1 atom stereocenters. The van der Waals surface area contributed by atoms with E-state index in [0.29, 0.717) is 41.8 Å². The van der Waals surface area contributed by atoms with Crippen LogP contribution in [0.1, 0.15) is 13.8 Å². The highest BCUT2D eigenvalue weighted by atomic mass is 16.6. The summed E-state index contributed by atoms with van der Waals surface area (Å²) in [6.07, 6.45) is -0.784. The lowest BCUT2D eigenvalue weighted by atomic mass is 10.2. The first-order valence-corrected chi connectivity index (χ1v) is 8.51. The fraction of sp³-hybridized carbons (Fsp3) is 0.471. The quantitative estimate of drug-likeness (QED) is 0.605. The standard InChI is InChI=1S/C17H23N3O6/c1-3-20(11-16(22)19-17(23)24-4-2)10-15(21)18-12-5-6-13-14(9-12)26-8-7-25-13/h5-6,9H,3-4,7-8,10-11H2,1-2H3,(H,18,21)(H,19,22,23)/p+1. The first kappa shape index (κ1) is 19.5. The maximum absolute atomic E-state index is 12.2. The van der Waals surface area contributed by atoms with Crippen molar-refractivity contribution in [2.45, 2.75) is 13.8 Å². The molecule has 2 rings (SSSR count). The zero-order chi connectivity index (χ0) is 18.9. The maximum Gasteiger partial charge on any atom is 0.414 e. The highest BCUT2D eigenvalue weighted by Crippen LogP contribution is 2.32. The highest BCUT2D eigenvalue weighted by molar-refractivity contribution is 5.93. The van der Waals surface area contributed by atoms with Crippen molar-refractivity contribution in [3.63, 3.8) is 0 Å². The summed E-state index contributed by atoms with van der Waals surface area (Å²) in [6, 6.07) is 5.16. The number of benzene rings is 1. The van der Waals surface area contributed by atoms with Gasteiger partial charge in [0, 0.05) is 11.8 Å². The van der Waals surface area contributed by atoms with E-state index in [9.17, 15) is 14.4 Å². The second kappa shape index (κ2) is 9.62. The predicted molar refractivity (Wildman–Crippen MR) is 92.5 cm³/mol. The molecule has 0 fully saturated rings. The number of imide groups is 1. The molecule has 142 valence electrons. The van der Waals surface area contributed by atoms with Crippen LogP contribution in [-0.4, -0.2) is 57.4 Å². The fourth-order valence-corrected chi connectivity index (χ4v) is 2.42. The lowest BCUT2D eigenvalue weighted by Crippen LogP contribution is -3.14. The van der Waals surface area contributed by atoms with Crippen LogP contribution in [0.15, 0.2) is 18.2 Å². The Kier molecular flexibility index (Phi) is 7.22. The molecule has 1 unspecified atom stereocenters. The lowest BCUT2D eigenvalue weighted by Gasteiger charge is -2.19. The molecular formula is C17H24N3O6+. The van der Waals surface area contributed by atoms with E-state index in [4.69, 9.17) is 9.47 Å². The van der Waals surface area contributed by atoms with Gasteiger partial charge in [-0.1, -0.05) is 0 Å². The Morgan fingerprint density at radius 3 is 2.46 bits per heavy atom. The summed E-state index contributed by atoms with van der Waals surface area (Å²) in [7, 11) is 0. The average Bonchev–Trinajstić information content (AvgIpc) is 2.61. The summed E-state index contributed by atoms with van der Waals surface area (Å²) in [5.41, 5.74) is 0.589. The summed E-state index contributed by atoms with van der Waals surface area (Å²) in [4.78, 5) is 36.0. The van der Waals surface area contributed by atoms with Gasteiger partial charge < -0.3 is 24.4 Å². The second-order valence-corrected chi connectivity index (χ2v) is 5.63. The smallest absolute Gasteiger partial charge is 0.414 e. The number of hydrogen-bond donors (Lipinski definition) is 3. The summed E-state index contributed by atoms with van der Waals surface area (Å²) in [6.45, 7) is 5.27. The minimum absolute atomic E-state index is 0.0100. The Bertz CT molecular complexity index is 664. The van der Waals surface area contributed by atoms with Crippen LogP contribution >= 0.6 is 0 Å². The number of fused-ring (bicyclic) bond motifs is 1. The third kappa shape index (κ3) is 5.92. The minimum atomic E-state index is -0.784. The second-order valence-electron chi connectivity index (χ2n) is 5.63. The Morgan fingerprint density at radius 1 is 1.08 bits per heavy atom. The maximum atomic E-state index is 12.2. The third-order valence-corrected chi connectivity index (χ3v) is 3.66. The molecule has 1 heterocycles. The van der Waals surface area contributed by atoms with Gasteiger partial charge >= 0.3 is 6.09 Å². The molecule has 26 heavy (non-hydrogen) atoms. The number of quaternary nitrogens is 1. The Morgan fingerprint density at radius 2 is 1.77 bits per heavy atom. The molecule has 0 saturated carbocycles. The van der Waals surface area contributed by atoms with Crippen LogP contribution in [0.25, 0.3) is 0 Å². The molecule has 1 aliphatic heterocycles. The van der Waals surface area contributed by atoms with E-state index in [-0.39, 0.29) is 25.6 Å². The van der Waals surface area contributed by atoms with Crippen molar-refractivity contribution < 1.29 is 33.5 Å². The van der Waals surface area contributed by atoms with Gasteiger partial charge in [-0.2, -0.15) is 0 Å². The summed E-state index contributed by atoms with van der Waals surface area (Å²) in [5, 5.41) is 4.89. The minimum Gasteiger partial charge on any atom is -0.486 e. The molecule has 0 aromatic heterocycles. The van der Waals surface area contributed by atoms with Gasteiger partial charge in [0.05, 0.1) is 13.2 Å². The van der Waals surface area contributed by atoms with Crippen LogP contribution in [0.5, 0.6) is 11.5 Å². The van der Waals surface area contributed by atoms with Crippen LogP contribution < -0.4 is 25.0 Å². The molecule has 0 radical (unpaired) electrons. The van der Waals surface area contributed by atoms with Crippen LogP contribution in [-0.2, 0) is 14.3 Å². The normalized spacial score (nSPS) is 13.5. The molecule has 3 amide bonds. The van der Waals surface area contributed by atoms with E-state index in [1.165, 1.54) is 0 Å². The van der Waals surface area contributed by atoms with Gasteiger partial charge in [0.2, 0.25) is 0 Å². The molecule has 3 N–H and O–H groups in total. The number of rotatable bonds is 7. The molecule has 0 spiro atoms. The van der Waals surface area contributed by atoms with Gasteiger partial charge in [0.1, 0.15) is 13.2 Å². The van der Waals surface area contributed by atoms with E-state index in [1.807, 2.05) is 6.92 Å². The van der Waals surface area contributed by atoms with Crippen molar-refractivity contribution in [2.75, 3.05) is 44.8 Å². The SMILES string of the molecule is CCOC(=O)NC(=O)C[NH+](CC)CC(=O)Nc1ccc2c(c1)OCCO2. The molecule has 1 aromatic rings.